The Labute approximate surface area is 275 Å². The van der Waals surface area contributed by atoms with Crippen LogP contribution in [0.2, 0.25) is 0 Å². The summed E-state index contributed by atoms with van der Waals surface area (Å²) in [4.78, 5) is 12.0. The number of fused-ring (bicyclic) bond motifs is 1. The topological polar surface area (TPSA) is 58.9 Å². The van der Waals surface area contributed by atoms with Crippen molar-refractivity contribution < 1.29 is 4.79 Å². The van der Waals surface area contributed by atoms with Crippen LogP contribution in [-0.4, -0.2) is 17.8 Å². The van der Waals surface area contributed by atoms with Gasteiger partial charge in [-0.1, -0.05) is 144 Å². The van der Waals surface area contributed by atoms with E-state index in [0.29, 0.717) is 6.54 Å². The van der Waals surface area contributed by atoms with E-state index in [1.165, 1.54) is 56.8 Å². The average molecular weight is 607 g/mol. The van der Waals surface area contributed by atoms with Crippen LogP contribution in [-0.2, 0) is 4.79 Å². The molecule has 0 unspecified atom stereocenters. The molecule has 0 spiro atoms. The van der Waals surface area contributed by atoms with Crippen LogP contribution in [0.5, 0.6) is 0 Å². The molecule has 0 saturated carbocycles. The number of benzene rings is 3. The normalized spacial score (nSPS) is 9.96. The van der Waals surface area contributed by atoms with Gasteiger partial charge >= 0.3 is 0 Å². The fourth-order valence-electron chi connectivity index (χ4n) is 3.71. The predicted molar refractivity (Wildman–Crippen MR) is 206 cm³/mol. The van der Waals surface area contributed by atoms with Gasteiger partial charge in [0, 0.05) is 23.6 Å². The molecule has 3 aromatic carbocycles. The SMILES string of the molecule is C=C/C(=C\C=C\CN)CC.C=Cc1cc(/C=C/c2ccccc2)ccc1C.CC.CC.CC=O.Cc1ccc2[nH]cc(C)c2c1. The Morgan fingerprint density at radius 2 is 1.47 bits per heavy atom. The number of allylic oxidation sites excluding steroid dienone is 4. The molecule has 4 rings (SSSR count). The Morgan fingerprint density at radius 1 is 0.844 bits per heavy atom. The van der Waals surface area contributed by atoms with Crippen LogP contribution >= 0.6 is 0 Å². The van der Waals surface area contributed by atoms with Crippen molar-refractivity contribution in [2.45, 2.75) is 68.7 Å². The van der Waals surface area contributed by atoms with Crippen molar-refractivity contribution in [1.82, 2.24) is 4.98 Å². The summed E-state index contributed by atoms with van der Waals surface area (Å²) in [7, 11) is 0. The molecule has 3 N–H and O–H groups in total. The summed E-state index contributed by atoms with van der Waals surface area (Å²) in [6.45, 7) is 26.0. The lowest BCUT2D eigenvalue weighted by Crippen LogP contribution is -1.91. The van der Waals surface area contributed by atoms with Gasteiger partial charge in [0.25, 0.3) is 0 Å². The summed E-state index contributed by atoms with van der Waals surface area (Å²) in [5.74, 6) is 0. The fraction of sp³-hybridized carbons (Fsp3) is 0.262. The molecule has 4 aromatic rings. The molecule has 0 aliphatic heterocycles. The second-order valence-electron chi connectivity index (χ2n) is 9.28. The van der Waals surface area contributed by atoms with Gasteiger partial charge in [-0.05, 0) is 85.7 Å². The zero-order chi connectivity index (χ0) is 34.5. The highest BCUT2D eigenvalue weighted by molar-refractivity contribution is 5.83. The molecule has 0 amide bonds. The van der Waals surface area contributed by atoms with Crippen molar-refractivity contribution in [2.24, 2.45) is 5.73 Å². The minimum Gasteiger partial charge on any atom is -0.361 e. The number of aromatic amines is 1. The van der Waals surface area contributed by atoms with Crippen LogP contribution in [0.3, 0.4) is 0 Å². The smallest absolute Gasteiger partial charge is 0.116 e. The van der Waals surface area contributed by atoms with Gasteiger partial charge in [0.05, 0.1) is 0 Å². The number of carbonyl (C=O) groups excluding carboxylic acids is 1. The summed E-state index contributed by atoms with van der Waals surface area (Å²) in [5.41, 5.74) is 15.2. The molecule has 3 nitrogen and oxygen atoms in total. The largest absolute Gasteiger partial charge is 0.361 e. The molecule has 0 bridgehead atoms. The lowest BCUT2D eigenvalue weighted by Gasteiger charge is -2.01. The van der Waals surface area contributed by atoms with E-state index < -0.39 is 0 Å². The predicted octanol–water partition coefficient (Wildman–Crippen LogP) is 11.9. The molecular formula is C42H58N2O. The minimum atomic E-state index is 0.602. The number of rotatable bonds is 7. The maximum atomic E-state index is 8.81. The number of nitrogens with two attached hydrogens (primary N) is 1. The van der Waals surface area contributed by atoms with E-state index in [1.54, 1.807) is 0 Å². The first kappa shape index (κ1) is 42.7. The number of aldehydes is 1. The number of carbonyl (C=O) groups is 1. The standard InChI is InChI=1S/C17H16.C10H11N.C9H15N.C2H4O.2C2H6/c1-3-17-13-16(10-9-14(17)2)12-11-15-7-5-4-6-8-15;1-7-3-4-10-9(5-7)8(2)6-11-10;1-3-9(4-2)7-5-6-8-10;1-2-3;2*1-2/h3-13H,1H2,2H3;3-6,11H,1-2H3;3,5-7H,1,4,8,10H2,2H3;2H,1H3;2*1-2H3/b12-11+;;6-5+,9-7+;;;. The maximum absolute atomic E-state index is 8.81. The first-order chi connectivity index (χ1) is 21.8. The Morgan fingerprint density at radius 3 is 2.02 bits per heavy atom. The molecule has 45 heavy (non-hydrogen) atoms. The van der Waals surface area contributed by atoms with E-state index in [1.807, 2.05) is 82.5 Å². The molecule has 0 atom stereocenters. The van der Waals surface area contributed by atoms with Crippen molar-refractivity contribution in [3.05, 3.63) is 149 Å². The molecule has 0 aliphatic rings. The van der Waals surface area contributed by atoms with Gasteiger partial charge < -0.3 is 15.5 Å². The maximum Gasteiger partial charge on any atom is 0.116 e. The number of nitrogens with one attached hydrogen (secondary N) is 1. The summed E-state index contributed by atoms with van der Waals surface area (Å²) >= 11 is 0. The van der Waals surface area contributed by atoms with Crippen LogP contribution in [0.15, 0.2) is 116 Å². The first-order valence-corrected chi connectivity index (χ1v) is 15.9. The molecule has 0 aliphatic carbocycles. The fourth-order valence-corrected chi connectivity index (χ4v) is 3.71. The van der Waals surface area contributed by atoms with Crippen molar-refractivity contribution >= 4 is 35.4 Å². The van der Waals surface area contributed by atoms with Gasteiger partial charge in [-0.3, -0.25) is 0 Å². The lowest BCUT2D eigenvalue weighted by atomic mass is 10.0. The van der Waals surface area contributed by atoms with Crippen LogP contribution in [0.4, 0.5) is 0 Å². The summed E-state index contributed by atoms with van der Waals surface area (Å²) in [6, 6.07) is 23.2. The summed E-state index contributed by atoms with van der Waals surface area (Å²) in [6.07, 6.45) is 17.7. The van der Waals surface area contributed by atoms with Gasteiger partial charge in [-0.2, -0.15) is 0 Å². The van der Waals surface area contributed by atoms with E-state index in [2.05, 4.69) is 107 Å². The van der Waals surface area contributed by atoms with E-state index in [9.17, 15) is 0 Å². The van der Waals surface area contributed by atoms with Crippen LogP contribution < -0.4 is 5.73 Å². The molecule has 0 radical (unpaired) electrons. The molecular weight excluding hydrogens is 548 g/mol. The van der Waals surface area contributed by atoms with Gasteiger partial charge in [0.15, 0.2) is 0 Å². The summed E-state index contributed by atoms with van der Waals surface area (Å²) in [5, 5.41) is 1.34. The van der Waals surface area contributed by atoms with E-state index in [0.717, 1.165) is 12.7 Å². The van der Waals surface area contributed by atoms with E-state index >= 15 is 0 Å². The molecule has 242 valence electrons. The Hall–Kier alpha value is -4.47. The van der Waals surface area contributed by atoms with Crippen LogP contribution in [0.1, 0.15) is 81.3 Å². The van der Waals surface area contributed by atoms with Gasteiger partial charge in [0.2, 0.25) is 0 Å². The number of aromatic nitrogens is 1. The van der Waals surface area contributed by atoms with Crippen molar-refractivity contribution in [1.29, 1.82) is 0 Å². The second-order valence-corrected chi connectivity index (χ2v) is 9.28. The van der Waals surface area contributed by atoms with Crippen LogP contribution in [0, 0.1) is 20.8 Å². The summed E-state index contributed by atoms with van der Waals surface area (Å²) < 4.78 is 0. The highest BCUT2D eigenvalue weighted by Crippen LogP contribution is 2.18. The molecule has 0 fully saturated rings. The Balaban J connectivity index is 0. The average Bonchev–Trinajstić information content (AvgIpc) is 3.45. The molecule has 0 saturated heterocycles. The molecule has 3 heteroatoms. The highest BCUT2D eigenvalue weighted by atomic mass is 16.1. The second kappa shape index (κ2) is 28.3. The monoisotopic (exact) mass is 606 g/mol. The number of H-pyrrole nitrogens is 1. The number of hydrogen-bond donors (Lipinski definition) is 2. The van der Waals surface area contributed by atoms with Gasteiger partial charge in [0.1, 0.15) is 6.29 Å². The minimum absolute atomic E-state index is 0.602. The number of aryl methyl sites for hydroxylation is 3. The quantitative estimate of drug-likeness (QED) is 0.125. The van der Waals surface area contributed by atoms with Gasteiger partial charge in [-0.15, -0.1) is 0 Å². The Kier molecular flexibility index (Phi) is 26.8. The van der Waals surface area contributed by atoms with Crippen LogP contribution in [0.25, 0.3) is 29.1 Å². The molecule has 1 heterocycles. The van der Waals surface area contributed by atoms with Crippen molar-refractivity contribution in [3.63, 3.8) is 0 Å². The lowest BCUT2D eigenvalue weighted by molar-refractivity contribution is -0.106. The van der Waals surface area contributed by atoms with Crippen molar-refractivity contribution in [3.8, 4) is 0 Å². The third-order valence-corrected chi connectivity index (χ3v) is 6.09. The van der Waals surface area contributed by atoms with Crippen molar-refractivity contribution in [2.75, 3.05) is 6.54 Å². The zero-order valence-corrected chi connectivity index (χ0v) is 29.4. The van der Waals surface area contributed by atoms with Gasteiger partial charge in [-0.25, -0.2) is 0 Å². The van der Waals surface area contributed by atoms with E-state index in [4.69, 9.17) is 10.5 Å². The number of hydrogen-bond acceptors (Lipinski definition) is 2. The van der Waals surface area contributed by atoms with E-state index in [-0.39, 0.29) is 0 Å². The zero-order valence-electron chi connectivity index (χ0n) is 29.4. The third-order valence-electron chi connectivity index (χ3n) is 6.09. The first-order valence-electron chi connectivity index (χ1n) is 15.9. The molecule has 1 aromatic heterocycles. The Bertz CT molecular complexity index is 1440. The third kappa shape index (κ3) is 18.7. The highest BCUT2D eigenvalue weighted by Gasteiger charge is 1.97.